The van der Waals surface area contributed by atoms with Gasteiger partial charge >= 0.3 is 0 Å². The van der Waals surface area contributed by atoms with Crippen LogP contribution in [0.25, 0.3) is 0 Å². The molecular formula is C14H20FN. The van der Waals surface area contributed by atoms with Gasteiger partial charge in [-0.25, -0.2) is 4.39 Å². The van der Waals surface area contributed by atoms with Crippen molar-refractivity contribution < 1.29 is 4.39 Å². The van der Waals surface area contributed by atoms with Gasteiger partial charge in [0, 0.05) is 6.04 Å². The fraction of sp³-hybridized carbons (Fsp3) is 0.571. The number of nitrogens with one attached hydrogen (secondary N) is 1. The fourth-order valence-corrected chi connectivity index (χ4v) is 1.99. The van der Waals surface area contributed by atoms with E-state index < -0.39 is 0 Å². The molecule has 0 radical (unpaired) electrons. The van der Waals surface area contributed by atoms with Crippen molar-refractivity contribution in [1.29, 1.82) is 0 Å². The lowest BCUT2D eigenvalue weighted by molar-refractivity contribution is 0.532. The van der Waals surface area contributed by atoms with Crippen LogP contribution in [0.5, 0.6) is 0 Å². The second-order valence-corrected chi connectivity index (χ2v) is 4.81. The van der Waals surface area contributed by atoms with Crippen LogP contribution in [-0.2, 0) is 0 Å². The largest absolute Gasteiger partial charge is 0.310 e. The Labute approximate surface area is 97.1 Å². The van der Waals surface area contributed by atoms with Crippen LogP contribution in [-0.4, -0.2) is 6.54 Å². The van der Waals surface area contributed by atoms with E-state index in [2.05, 4.69) is 12.2 Å². The minimum atomic E-state index is -0.162. The molecule has 1 fully saturated rings. The van der Waals surface area contributed by atoms with Gasteiger partial charge < -0.3 is 5.32 Å². The van der Waals surface area contributed by atoms with E-state index in [1.807, 2.05) is 12.1 Å². The van der Waals surface area contributed by atoms with E-state index in [0.29, 0.717) is 6.04 Å². The number of hydrogen-bond acceptors (Lipinski definition) is 1. The molecule has 1 aliphatic rings. The Bertz CT molecular complexity index is 316. The second kappa shape index (κ2) is 5.44. The highest BCUT2D eigenvalue weighted by molar-refractivity contribution is 5.19. The molecule has 0 spiro atoms. The van der Waals surface area contributed by atoms with Crippen molar-refractivity contribution in [2.45, 2.75) is 38.6 Å². The molecule has 1 atom stereocenters. The minimum absolute atomic E-state index is 0.162. The quantitative estimate of drug-likeness (QED) is 0.723. The van der Waals surface area contributed by atoms with Crippen molar-refractivity contribution in [1.82, 2.24) is 5.32 Å². The first-order valence-electron chi connectivity index (χ1n) is 6.24. The summed E-state index contributed by atoms with van der Waals surface area (Å²) in [6.45, 7) is 3.19. The molecule has 1 N–H and O–H groups in total. The highest BCUT2D eigenvalue weighted by atomic mass is 19.1. The first kappa shape index (κ1) is 11.6. The molecule has 1 aromatic rings. The normalized spacial score (nSPS) is 17.4. The summed E-state index contributed by atoms with van der Waals surface area (Å²) in [5.41, 5.74) is 1.16. The zero-order valence-electron chi connectivity index (χ0n) is 9.88. The van der Waals surface area contributed by atoms with Crippen LogP contribution in [0.4, 0.5) is 4.39 Å². The lowest BCUT2D eigenvalue weighted by Crippen LogP contribution is -2.19. The van der Waals surface area contributed by atoms with Crippen molar-refractivity contribution in [2.75, 3.05) is 6.54 Å². The zero-order chi connectivity index (χ0) is 11.4. The smallest absolute Gasteiger partial charge is 0.123 e. The van der Waals surface area contributed by atoms with Gasteiger partial charge in [0.15, 0.2) is 0 Å². The summed E-state index contributed by atoms with van der Waals surface area (Å²) in [6.07, 6.45) is 5.50. The van der Waals surface area contributed by atoms with Crippen LogP contribution in [0.1, 0.15) is 44.2 Å². The van der Waals surface area contributed by atoms with Crippen molar-refractivity contribution >= 4 is 0 Å². The molecule has 2 rings (SSSR count). The number of benzene rings is 1. The Morgan fingerprint density at radius 1 is 1.31 bits per heavy atom. The topological polar surface area (TPSA) is 12.0 Å². The van der Waals surface area contributed by atoms with E-state index in [9.17, 15) is 4.39 Å². The van der Waals surface area contributed by atoms with Crippen molar-refractivity contribution in [3.05, 3.63) is 35.6 Å². The van der Waals surface area contributed by atoms with Crippen molar-refractivity contribution in [3.63, 3.8) is 0 Å². The standard InChI is InChI=1S/C14H20FN/c1-11(13-6-8-14(15)9-7-13)16-10-2-3-12-4-5-12/h6-9,11-12,16H,2-5,10H2,1H3. The van der Waals surface area contributed by atoms with Crippen molar-refractivity contribution in [3.8, 4) is 0 Å². The molecule has 0 aromatic heterocycles. The molecule has 1 aromatic carbocycles. The molecule has 0 heterocycles. The Morgan fingerprint density at radius 3 is 2.62 bits per heavy atom. The molecule has 2 heteroatoms. The van der Waals surface area contributed by atoms with Crippen LogP contribution in [0, 0.1) is 11.7 Å². The summed E-state index contributed by atoms with van der Waals surface area (Å²) in [6, 6.07) is 7.08. The van der Waals surface area contributed by atoms with Crippen LogP contribution < -0.4 is 5.32 Å². The van der Waals surface area contributed by atoms with Crippen molar-refractivity contribution in [2.24, 2.45) is 5.92 Å². The predicted octanol–water partition coefficient (Wildman–Crippen LogP) is 3.67. The van der Waals surface area contributed by atoms with Gasteiger partial charge in [-0.1, -0.05) is 25.0 Å². The summed E-state index contributed by atoms with van der Waals surface area (Å²) in [4.78, 5) is 0. The van der Waals surface area contributed by atoms with Crippen LogP contribution >= 0.6 is 0 Å². The third kappa shape index (κ3) is 3.60. The third-order valence-electron chi connectivity index (χ3n) is 3.31. The Hall–Kier alpha value is -0.890. The maximum atomic E-state index is 12.7. The number of rotatable bonds is 6. The van der Waals surface area contributed by atoms with Gasteiger partial charge in [-0.05, 0) is 49.9 Å². The highest BCUT2D eigenvalue weighted by Gasteiger charge is 2.20. The minimum Gasteiger partial charge on any atom is -0.310 e. The van der Waals surface area contributed by atoms with Crippen LogP contribution in [0.3, 0.4) is 0 Å². The lowest BCUT2D eigenvalue weighted by atomic mass is 10.1. The summed E-state index contributed by atoms with van der Waals surface area (Å²) < 4.78 is 12.7. The fourth-order valence-electron chi connectivity index (χ4n) is 1.99. The van der Waals surface area contributed by atoms with Gasteiger partial charge in [0.1, 0.15) is 5.82 Å². The maximum Gasteiger partial charge on any atom is 0.123 e. The van der Waals surface area contributed by atoms with Crippen LogP contribution in [0.15, 0.2) is 24.3 Å². The molecule has 88 valence electrons. The molecule has 0 aliphatic heterocycles. The van der Waals surface area contributed by atoms with Gasteiger partial charge in [-0.15, -0.1) is 0 Å². The SMILES string of the molecule is CC(NCCCC1CC1)c1ccc(F)cc1. The number of halogens is 1. The molecule has 1 unspecified atom stereocenters. The Kier molecular flexibility index (Phi) is 3.94. The van der Waals surface area contributed by atoms with E-state index >= 15 is 0 Å². The van der Waals surface area contributed by atoms with Gasteiger partial charge in [-0.2, -0.15) is 0 Å². The second-order valence-electron chi connectivity index (χ2n) is 4.81. The predicted molar refractivity (Wildman–Crippen MR) is 64.8 cm³/mol. The molecule has 1 aliphatic carbocycles. The Balaban J connectivity index is 1.69. The molecule has 1 nitrogen and oxygen atoms in total. The average molecular weight is 221 g/mol. The first-order chi connectivity index (χ1) is 7.75. The average Bonchev–Trinajstić information content (AvgIpc) is 3.09. The monoisotopic (exact) mass is 221 g/mol. The van der Waals surface area contributed by atoms with E-state index in [1.54, 1.807) is 0 Å². The molecule has 1 saturated carbocycles. The first-order valence-corrected chi connectivity index (χ1v) is 6.24. The summed E-state index contributed by atoms with van der Waals surface area (Å²) >= 11 is 0. The van der Waals surface area contributed by atoms with Gasteiger partial charge in [0.2, 0.25) is 0 Å². The molecule has 0 saturated heterocycles. The maximum absolute atomic E-state index is 12.7. The lowest BCUT2D eigenvalue weighted by Gasteiger charge is -2.14. The molecule has 0 amide bonds. The molecule has 0 bridgehead atoms. The summed E-state index contributed by atoms with van der Waals surface area (Å²) in [5, 5.41) is 3.48. The third-order valence-corrected chi connectivity index (χ3v) is 3.31. The molecule has 16 heavy (non-hydrogen) atoms. The van der Waals surface area contributed by atoms with E-state index in [0.717, 1.165) is 18.0 Å². The van der Waals surface area contributed by atoms with E-state index in [-0.39, 0.29) is 5.82 Å². The van der Waals surface area contributed by atoms with E-state index in [4.69, 9.17) is 0 Å². The summed E-state index contributed by atoms with van der Waals surface area (Å²) in [5.74, 6) is 0.854. The zero-order valence-corrected chi connectivity index (χ0v) is 9.88. The summed E-state index contributed by atoms with van der Waals surface area (Å²) in [7, 11) is 0. The molecular weight excluding hydrogens is 201 g/mol. The van der Waals surface area contributed by atoms with Gasteiger partial charge in [0.05, 0.1) is 0 Å². The van der Waals surface area contributed by atoms with Gasteiger partial charge in [-0.3, -0.25) is 0 Å². The van der Waals surface area contributed by atoms with Gasteiger partial charge in [0.25, 0.3) is 0 Å². The van der Waals surface area contributed by atoms with Crippen LogP contribution in [0.2, 0.25) is 0 Å². The number of hydrogen-bond donors (Lipinski definition) is 1. The highest BCUT2D eigenvalue weighted by Crippen LogP contribution is 2.33. The van der Waals surface area contributed by atoms with E-state index in [1.165, 1.54) is 37.8 Å². The Morgan fingerprint density at radius 2 is 2.00 bits per heavy atom.